The van der Waals surface area contributed by atoms with Crippen molar-refractivity contribution < 1.29 is 19.2 Å². The van der Waals surface area contributed by atoms with Crippen LogP contribution in [0.25, 0.3) is 0 Å². The van der Waals surface area contributed by atoms with Crippen LogP contribution in [-0.4, -0.2) is 40.4 Å². The topological polar surface area (TPSA) is 89.8 Å². The van der Waals surface area contributed by atoms with E-state index in [1.807, 2.05) is 27.7 Å². The zero-order chi connectivity index (χ0) is 17.7. The molecule has 0 atom stereocenters. The van der Waals surface area contributed by atoms with Crippen LogP contribution in [0.3, 0.4) is 0 Å². The molecule has 7 nitrogen and oxygen atoms in total. The van der Waals surface area contributed by atoms with Gasteiger partial charge in [-0.25, -0.2) is 4.79 Å². The van der Waals surface area contributed by atoms with Crippen molar-refractivity contribution in [2.45, 2.75) is 39.8 Å². The maximum Gasteiger partial charge on any atom is 0.345 e. The summed E-state index contributed by atoms with van der Waals surface area (Å²) in [5, 5.41) is 11.1. The van der Waals surface area contributed by atoms with Gasteiger partial charge in [0.15, 0.2) is 6.61 Å². The normalized spacial score (nSPS) is 10.7. The lowest BCUT2D eigenvalue weighted by Crippen LogP contribution is -2.44. The van der Waals surface area contributed by atoms with Crippen LogP contribution >= 0.6 is 11.6 Å². The third kappa shape index (κ3) is 4.92. The van der Waals surface area contributed by atoms with E-state index in [2.05, 4.69) is 0 Å². The summed E-state index contributed by atoms with van der Waals surface area (Å²) in [4.78, 5) is 36.0. The van der Waals surface area contributed by atoms with Crippen LogP contribution in [0, 0.1) is 10.1 Å². The van der Waals surface area contributed by atoms with E-state index in [4.69, 9.17) is 16.3 Å². The predicted octanol–water partition coefficient (Wildman–Crippen LogP) is 3.05. The van der Waals surface area contributed by atoms with Crippen LogP contribution in [0.15, 0.2) is 18.2 Å². The van der Waals surface area contributed by atoms with Crippen molar-refractivity contribution >= 4 is 29.2 Å². The first-order valence-electron chi connectivity index (χ1n) is 7.07. The fourth-order valence-electron chi connectivity index (χ4n) is 2.28. The van der Waals surface area contributed by atoms with E-state index in [9.17, 15) is 19.7 Å². The summed E-state index contributed by atoms with van der Waals surface area (Å²) in [6.45, 7) is 6.93. The Kier molecular flexibility index (Phi) is 6.50. The van der Waals surface area contributed by atoms with Gasteiger partial charge in [-0.05, 0) is 39.8 Å². The first kappa shape index (κ1) is 18.9. The number of nitro groups is 1. The van der Waals surface area contributed by atoms with E-state index in [0.29, 0.717) is 0 Å². The average molecular weight is 343 g/mol. The van der Waals surface area contributed by atoms with E-state index in [0.717, 1.165) is 6.07 Å². The molecule has 0 aliphatic heterocycles. The Morgan fingerprint density at radius 1 is 1.26 bits per heavy atom. The maximum atomic E-state index is 12.1. The lowest BCUT2D eigenvalue weighted by Gasteiger charge is -2.30. The number of halogens is 1. The van der Waals surface area contributed by atoms with Crippen LogP contribution in [0.4, 0.5) is 5.69 Å². The zero-order valence-corrected chi connectivity index (χ0v) is 14.2. The van der Waals surface area contributed by atoms with Crippen molar-refractivity contribution in [1.29, 1.82) is 0 Å². The number of benzene rings is 1. The highest BCUT2D eigenvalue weighted by atomic mass is 35.5. The van der Waals surface area contributed by atoms with Gasteiger partial charge in [-0.1, -0.05) is 11.6 Å². The summed E-state index contributed by atoms with van der Waals surface area (Å²) < 4.78 is 4.92. The van der Waals surface area contributed by atoms with Crippen molar-refractivity contribution in [2.24, 2.45) is 0 Å². The molecule has 0 bridgehead atoms. The molecule has 0 unspecified atom stereocenters. The highest BCUT2D eigenvalue weighted by Crippen LogP contribution is 2.24. The second-order valence-corrected chi connectivity index (χ2v) is 5.92. The molecule has 23 heavy (non-hydrogen) atoms. The molecule has 0 fully saturated rings. The number of carbonyl (C=O) groups is 2. The molecule has 0 aliphatic carbocycles. The van der Waals surface area contributed by atoms with Crippen molar-refractivity contribution in [3.8, 4) is 0 Å². The largest absolute Gasteiger partial charge is 0.452 e. The van der Waals surface area contributed by atoms with Crippen molar-refractivity contribution in [3.05, 3.63) is 38.9 Å². The lowest BCUT2D eigenvalue weighted by atomic mass is 10.2. The van der Waals surface area contributed by atoms with Crippen LogP contribution in [0.2, 0.25) is 5.02 Å². The fraction of sp³-hybridized carbons (Fsp3) is 0.467. The number of carbonyl (C=O) groups excluding carboxylic acids is 2. The number of hydrogen-bond donors (Lipinski definition) is 0. The number of ether oxygens (including phenoxy) is 1. The Balaban J connectivity index is 2.85. The van der Waals surface area contributed by atoms with E-state index in [-0.39, 0.29) is 28.6 Å². The second kappa shape index (κ2) is 7.92. The molecule has 126 valence electrons. The molecule has 0 saturated heterocycles. The Bertz CT molecular complexity index is 608. The van der Waals surface area contributed by atoms with Gasteiger partial charge in [0.05, 0.1) is 4.92 Å². The number of nitro benzene ring substituents is 1. The van der Waals surface area contributed by atoms with Gasteiger partial charge in [0.2, 0.25) is 0 Å². The van der Waals surface area contributed by atoms with E-state index in [1.54, 1.807) is 4.90 Å². The molecule has 0 heterocycles. The standard InChI is InChI=1S/C15H19ClN2O5/c1-9(2)17(10(3)4)14(19)8-23-15(20)12-6-5-11(16)7-13(12)18(21)22/h5-7,9-10H,8H2,1-4H3. The maximum absolute atomic E-state index is 12.1. The molecule has 1 amide bonds. The van der Waals surface area contributed by atoms with Crippen molar-refractivity contribution in [3.63, 3.8) is 0 Å². The first-order valence-corrected chi connectivity index (χ1v) is 7.45. The van der Waals surface area contributed by atoms with Gasteiger partial charge in [0, 0.05) is 23.2 Å². The van der Waals surface area contributed by atoms with Crippen LogP contribution in [0.5, 0.6) is 0 Å². The molecular weight excluding hydrogens is 324 g/mol. The molecule has 0 radical (unpaired) electrons. The van der Waals surface area contributed by atoms with Crippen molar-refractivity contribution in [2.75, 3.05) is 6.61 Å². The number of nitrogens with zero attached hydrogens (tertiary/aromatic N) is 2. The number of rotatable bonds is 6. The van der Waals surface area contributed by atoms with Gasteiger partial charge in [0.25, 0.3) is 11.6 Å². The quantitative estimate of drug-likeness (QED) is 0.450. The molecule has 8 heteroatoms. The number of esters is 1. The summed E-state index contributed by atoms with van der Waals surface area (Å²) in [5.41, 5.74) is -0.702. The monoisotopic (exact) mass is 342 g/mol. The number of hydrogen-bond acceptors (Lipinski definition) is 5. The van der Waals surface area contributed by atoms with Gasteiger partial charge in [-0.3, -0.25) is 14.9 Å². The Morgan fingerprint density at radius 2 is 1.83 bits per heavy atom. The summed E-state index contributed by atoms with van der Waals surface area (Å²) in [7, 11) is 0. The fourth-order valence-corrected chi connectivity index (χ4v) is 2.45. The zero-order valence-electron chi connectivity index (χ0n) is 13.4. The Hall–Kier alpha value is -2.15. The first-order chi connectivity index (χ1) is 10.6. The van der Waals surface area contributed by atoms with Crippen LogP contribution in [0.1, 0.15) is 38.1 Å². The van der Waals surface area contributed by atoms with Crippen LogP contribution < -0.4 is 0 Å². The van der Waals surface area contributed by atoms with Gasteiger partial charge >= 0.3 is 5.97 Å². The highest BCUT2D eigenvalue weighted by molar-refractivity contribution is 6.31. The molecular formula is C15H19ClN2O5. The van der Waals surface area contributed by atoms with Gasteiger partial charge in [-0.15, -0.1) is 0 Å². The molecule has 0 N–H and O–H groups in total. The smallest absolute Gasteiger partial charge is 0.345 e. The summed E-state index contributed by atoms with van der Waals surface area (Å²) in [6.07, 6.45) is 0. The molecule has 0 spiro atoms. The van der Waals surface area contributed by atoms with E-state index < -0.39 is 23.2 Å². The minimum Gasteiger partial charge on any atom is -0.452 e. The highest BCUT2D eigenvalue weighted by Gasteiger charge is 2.25. The minimum absolute atomic E-state index is 0.0499. The van der Waals surface area contributed by atoms with E-state index in [1.165, 1.54) is 12.1 Å². The van der Waals surface area contributed by atoms with E-state index >= 15 is 0 Å². The molecule has 1 rings (SSSR count). The lowest BCUT2D eigenvalue weighted by molar-refractivity contribution is -0.385. The van der Waals surface area contributed by atoms with Crippen LogP contribution in [-0.2, 0) is 9.53 Å². The van der Waals surface area contributed by atoms with Gasteiger partial charge in [-0.2, -0.15) is 0 Å². The van der Waals surface area contributed by atoms with Crippen molar-refractivity contribution in [1.82, 2.24) is 4.90 Å². The van der Waals surface area contributed by atoms with Gasteiger partial charge < -0.3 is 9.64 Å². The third-order valence-electron chi connectivity index (χ3n) is 3.10. The minimum atomic E-state index is -0.936. The Labute approximate surface area is 139 Å². The predicted molar refractivity (Wildman–Crippen MR) is 85.5 cm³/mol. The second-order valence-electron chi connectivity index (χ2n) is 5.48. The molecule has 1 aromatic rings. The summed E-state index contributed by atoms with van der Waals surface area (Å²) in [5.74, 6) is -1.30. The summed E-state index contributed by atoms with van der Waals surface area (Å²) in [6, 6.07) is 3.52. The summed E-state index contributed by atoms with van der Waals surface area (Å²) >= 11 is 5.69. The molecule has 0 saturated carbocycles. The number of amides is 1. The van der Waals surface area contributed by atoms with Gasteiger partial charge in [0.1, 0.15) is 5.56 Å². The molecule has 0 aliphatic rings. The Morgan fingerprint density at radius 3 is 2.30 bits per heavy atom. The third-order valence-corrected chi connectivity index (χ3v) is 3.34. The molecule has 1 aromatic carbocycles. The SMILES string of the molecule is CC(C)N(C(=O)COC(=O)c1ccc(Cl)cc1[N+](=O)[O-])C(C)C. The molecule has 0 aromatic heterocycles. The average Bonchev–Trinajstić information content (AvgIpc) is 2.43.